The number of esters is 3. The Kier molecular flexibility index (Phi) is 6.62. The fraction of sp³-hybridized carbons (Fsp3) is 0.852. The molecule has 4 fully saturated rings. The highest BCUT2D eigenvalue weighted by molar-refractivity contribution is 5.86. The van der Waals surface area contributed by atoms with Gasteiger partial charge >= 0.3 is 17.9 Å². The summed E-state index contributed by atoms with van der Waals surface area (Å²) in [7, 11) is 0. The summed E-state index contributed by atoms with van der Waals surface area (Å²) in [4.78, 5) is 49.3. The van der Waals surface area contributed by atoms with Gasteiger partial charge in [0, 0.05) is 39.0 Å². The van der Waals surface area contributed by atoms with Crippen LogP contribution in [0.25, 0.3) is 0 Å². The molecule has 4 aliphatic rings. The van der Waals surface area contributed by atoms with Crippen molar-refractivity contribution >= 4 is 23.7 Å². The Bertz CT molecular complexity index is 867. The van der Waals surface area contributed by atoms with Crippen LogP contribution in [0.3, 0.4) is 0 Å². The lowest BCUT2D eigenvalue weighted by Gasteiger charge is -2.63. The van der Waals surface area contributed by atoms with Gasteiger partial charge in [-0.1, -0.05) is 27.2 Å². The molecule has 0 radical (unpaired) electrons. The Labute approximate surface area is 202 Å². The number of ketones is 1. The first-order chi connectivity index (χ1) is 15.9. The van der Waals surface area contributed by atoms with Crippen LogP contribution in [0.5, 0.6) is 0 Å². The monoisotopic (exact) mass is 476 g/mol. The van der Waals surface area contributed by atoms with Gasteiger partial charge in [-0.3, -0.25) is 19.2 Å². The SMILES string of the molecule is CCC1CCC2C3C(OC(C)=O)C(OC(C)=O)C4CC(=O)C(OC(C)=O)CC4(C)C3CCC12C. The molecule has 4 rings (SSSR count). The summed E-state index contributed by atoms with van der Waals surface area (Å²) in [5.41, 5.74) is -0.223. The van der Waals surface area contributed by atoms with Crippen LogP contribution in [0.2, 0.25) is 0 Å². The Morgan fingerprint density at radius 2 is 1.41 bits per heavy atom. The molecule has 0 aromatic rings. The topological polar surface area (TPSA) is 96.0 Å². The molecule has 0 heterocycles. The number of rotatable bonds is 4. The van der Waals surface area contributed by atoms with Gasteiger partial charge in [0.15, 0.2) is 11.9 Å². The van der Waals surface area contributed by atoms with Crippen LogP contribution in [-0.2, 0) is 33.4 Å². The van der Waals surface area contributed by atoms with Gasteiger partial charge in [0.05, 0.1) is 0 Å². The maximum absolute atomic E-state index is 13.0. The first-order valence-corrected chi connectivity index (χ1v) is 13.0. The van der Waals surface area contributed by atoms with E-state index >= 15 is 0 Å². The number of carbonyl (C=O) groups is 4. The highest BCUT2D eigenvalue weighted by Gasteiger charge is 2.68. The molecule has 0 N–H and O–H groups in total. The zero-order valence-corrected chi connectivity index (χ0v) is 21.4. The van der Waals surface area contributed by atoms with Crippen molar-refractivity contribution in [3.63, 3.8) is 0 Å². The van der Waals surface area contributed by atoms with Crippen molar-refractivity contribution in [2.24, 2.45) is 40.4 Å². The van der Waals surface area contributed by atoms with Crippen LogP contribution >= 0.6 is 0 Å². The van der Waals surface area contributed by atoms with Crippen molar-refractivity contribution in [2.45, 2.75) is 105 Å². The van der Waals surface area contributed by atoms with E-state index in [0.717, 1.165) is 32.1 Å². The molecule has 10 atom stereocenters. The first kappa shape index (κ1) is 25.2. The molecule has 7 heteroatoms. The molecule has 0 aromatic carbocycles. The summed E-state index contributed by atoms with van der Waals surface area (Å²) in [6, 6.07) is 0. The Morgan fingerprint density at radius 1 is 0.824 bits per heavy atom. The van der Waals surface area contributed by atoms with Gasteiger partial charge in [-0.05, 0) is 60.7 Å². The van der Waals surface area contributed by atoms with Crippen LogP contribution in [0.15, 0.2) is 0 Å². The van der Waals surface area contributed by atoms with Gasteiger partial charge in [-0.15, -0.1) is 0 Å². The lowest BCUT2D eigenvalue weighted by atomic mass is 9.43. The van der Waals surface area contributed by atoms with Crippen molar-refractivity contribution in [3.05, 3.63) is 0 Å². The van der Waals surface area contributed by atoms with Crippen molar-refractivity contribution in [2.75, 3.05) is 0 Å². The van der Waals surface area contributed by atoms with Crippen LogP contribution in [-0.4, -0.2) is 42.0 Å². The molecule has 7 nitrogen and oxygen atoms in total. The fourth-order valence-corrected chi connectivity index (χ4v) is 8.80. The predicted octanol–water partition coefficient (Wildman–Crippen LogP) is 4.25. The second-order valence-electron chi connectivity index (χ2n) is 11.8. The largest absolute Gasteiger partial charge is 0.458 e. The van der Waals surface area contributed by atoms with Crippen molar-refractivity contribution in [1.29, 1.82) is 0 Å². The molecule has 10 unspecified atom stereocenters. The molecule has 190 valence electrons. The standard InChI is InChI=1S/C27H40O7/c1-7-17-8-9-18-23-19(10-11-26(17,18)5)27(6)13-22(32-14(2)28)21(31)12-20(27)24(33-15(3)29)25(23)34-16(4)30/h17-20,22-25H,7-13H2,1-6H3. The zero-order chi connectivity index (χ0) is 25.0. The minimum Gasteiger partial charge on any atom is -0.458 e. The molecule has 0 saturated heterocycles. The maximum atomic E-state index is 13.0. The Balaban J connectivity index is 1.81. The fourth-order valence-electron chi connectivity index (χ4n) is 8.80. The Hall–Kier alpha value is -1.92. The van der Waals surface area contributed by atoms with E-state index < -0.39 is 30.3 Å². The third kappa shape index (κ3) is 3.97. The average molecular weight is 477 g/mol. The number of hydrogen-bond donors (Lipinski definition) is 0. The third-order valence-electron chi connectivity index (χ3n) is 10.1. The normalized spacial score (nSPS) is 45.4. The predicted molar refractivity (Wildman–Crippen MR) is 123 cm³/mol. The summed E-state index contributed by atoms with van der Waals surface area (Å²) < 4.78 is 17.4. The smallest absolute Gasteiger partial charge is 0.303 e. The van der Waals surface area contributed by atoms with E-state index in [1.165, 1.54) is 20.8 Å². The molecular formula is C27H40O7. The van der Waals surface area contributed by atoms with E-state index in [-0.39, 0.29) is 46.8 Å². The lowest BCUT2D eigenvalue weighted by Crippen LogP contribution is -2.66. The van der Waals surface area contributed by atoms with Crippen LogP contribution in [0, 0.1) is 40.4 Å². The zero-order valence-electron chi connectivity index (χ0n) is 21.4. The van der Waals surface area contributed by atoms with Crippen molar-refractivity contribution in [1.82, 2.24) is 0 Å². The number of ether oxygens (including phenoxy) is 3. The summed E-state index contributed by atoms with van der Waals surface area (Å²) in [6.07, 6.45) is 3.94. The molecule has 0 aliphatic heterocycles. The maximum Gasteiger partial charge on any atom is 0.303 e. The molecule has 0 amide bonds. The van der Waals surface area contributed by atoms with Gasteiger partial charge in [0.2, 0.25) is 0 Å². The van der Waals surface area contributed by atoms with Crippen LogP contribution in [0.4, 0.5) is 0 Å². The molecule has 0 bridgehead atoms. The highest BCUT2D eigenvalue weighted by Crippen LogP contribution is 2.68. The van der Waals surface area contributed by atoms with Gasteiger partial charge in [0.25, 0.3) is 0 Å². The van der Waals surface area contributed by atoms with Gasteiger partial charge in [-0.25, -0.2) is 0 Å². The number of carbonyl (C=O) groups excluding carboxylic acids is 4. The summed E-state index contributed by atoms with van der Waals surface area (Å²) >= 11 is 0. The Morgan fingerprint density at radius 3 is 2.00 bits per heavy atom. The number of hydrogen-bond acceptors (Lipinski definition) is 7. The van der Waals surface area contributed by atoms with Crippen molar-refractivity contribution < 1.29 is 33.4 Å². The van der Waals surface area contributed by atoms with Gasteiger partial charge < -0.3 is 14.2 Å². The van der Waals surface area contributed by atoms with Crippen molar-refractivity contribution in [3.8, 4) is 0 Å². The summed E-state index contributed by atoms with van der Waals surface area (Å²) in [6.45, 7) is 10.9. The van der Waals surface area contributed by atoms with Crippen LogP contribution < -0.4 is 0 Å². The van der Waals surface area contributed by atoms with E-state index in [0.29, 0.717) is 18.3 Å². The average Bonchev–Trinajstić information content (AvgIpc) is 3.07. The third-order valence-corrected chi connectivity index (χ3v) is 10.1. The molecule has 4 aliphatic carbocycles. The first-order valence-electron chi connectivity index (χ1n) is 13.0. The molecule has 4 saturated carbocycles. The molecule has 0 spiro atoms. The van der Waals surface area contributed by atoms with E-state index in [2.05, 4.69) is 20.8 Å². The number of fused-ring (bicyclic) bond motifs is 5. The molecule has 34 heavy (non-hydrogen) atoms. The second kappa shape index (κ2) is 8.94. The summed E-state index contributed by atoms with van der Waals surface area (Å²) in [5.74, 6) is -0.520. The lowest BCUT2D eigenvalue weighted by molar-refractivity contribution is -0.239. The van der Waals surface area contributed by atoms with E-state index in [1.54, 1.807) is 0 Å². The quantitative estimate of drug-likeness (QED) is 0.442. The summed E-state index contributed by atoms with van der Waals surface area (Å²) in [5, 5.41) is 0. The minimum absolute atomic E-state index is 0.0379. The van der Waals surface area contributed by atoms with Crippen LogP contribution in [0.1, 0.15) is 86.5 Å². The number of Topliss-reactive ketones (excluding diaryl/α,β-unsaturated/α-hetero) is 1. The highest BCUT2D eigenvalue weighted by atomic mass is 16.6. The van der Waals surface area contributed by atoms with E-state index in [1.807, 2.05) is 0 Å². The van der Waals surface area contributed by atoms with Gasteiger partial charge in [-0.2, -0.15) is 0 Å². The molecule has 0 aromatic heterocycles. The minimum atomic E-state index is -0.775. The second-order valence-corrected chi connectivity index (χ2v) is 11.8. The van der Waals surface area contributed by atoms with E-state index in [4.69, 9.17) is 14.2 Å². The molecular weight excluding hydrogens is 436 g/mol. The van der Waals surface area contributed by atoms with E-state index in [9.17, 15) is 19.2 Å². The van der Waals surface area contributed by atoms with Gasteiger partial charge in [0.1, 0.15) is 12.2 Å².